The van der Waals surface area contributed by atoms with Gasteiger partial charge in [0.15, 0.2) is 0 Å². The summed E-state index contributed by atoms with van der Waals surface area (Å²) in [6.07, 6.45) is -3.39. The maximum atomic E-state index is 13.5. The van der Waals surface area contributed by atoms with Gasteiger partial charge in [-0.2, -0.15) is 13.2 Å². The Bertz CT molecular complexity index is 1280. The molecule has 0 saturated heterocycles. The Morgan fingerprint density at radius 2 is 1.93 bits per heavy atom. The van der Waals surface area contributed by atoms with Gasteiger partial charge in [0.25, 0.3) is 5.69 Å². The van der Waals surface area contributed by atoms with Gasteiger partial charge in [-0.3, -0.25) is 10.1 Å². The molecule has 11 heteroatoms. The van der Waals surface area contributed by atoms with Crippen molar-refractivity contribution in [2.75, 3.05) is 5.32 Å². The number of halogens is 4. The quantitative estimate of drug-likeness (QED) is 0.277. The van der Waals surface area contributed by atoms with Crippen molar-refractivity contribution in [3.63, 3.8) is 0 Å². The molecule has 2 heterocycles. The third kappa shape index (κ3) is 3.79. The van der Waals surface area contributed by atoms with Gasteiger partial charge in [0.2, 0.25) is 0 Å². The first kappa shape index (κ1) is 20.0. The van der Waals surface area contributed by atoms with Gasteiger partial charge in [-0.15, -0.1) is 11.3 Å². The summed E-state index contributed by atoms with van der Waals surface area (Å²) in [5, 5.41) is 16.0. The standard InChI is InChI=1S/C19H10ClF3N4O2S/c20-11-4-5-15(14(7-11)19(21,22)23)26-17-16-13(8-30-18(16)25-9-24-17)10-2-1-3-12(6-10)27(28)29/h1-9H,(H,24,25,26). The predicted octanol–water partition coefficient (Wildman–Crippen LogP) is 6.68. The van der Waals surface area contributed by atoms with Crippen LogP contribution in [0, 0.1) is 10.1 Å². The average Bonchev–Trinajstić information content (AvgIpc) is 3.14. The molecule has 30 heavy (non-hydrogen) atoms. The van der Waals surface area contributed by atoms with E-state index in [-0.39, 0.29) is 22.2 Å². The zero-order valence-electron chi connectivity index (χ0n) is 14.8. The number of anilines is 2. The normalized spacial score (nSPS) is 11.6. The van der Waals surface area contributed by atoms with Gasteiger partial charge in [-0.1, -0.05) is 23.7 Å². The SMILES string of the molecule is O=[N+]([O-])c1cccc(-c2csc3ncnc(Nc4ccc(Cl)cc4C(F)(F)F)c23)c1. The monoisotopic (exact) mass is 450 g/mol. The first-order chi connectivity index (χ1) is 14.2. The van der Waals surface area contributed by atoms with E-state index in [9.17, 15) is 23.3 Å². The topological polar surface area (TPSA) is 81.0 Å². The van der Waals surface area contributed by atoms with Crippen LogP contribution in [0.15, 0.2) is 54.2 Å². The molecule has 0 aliphatic heterocycles. The molecule has 0 aliphatic carbocycles. The molecule has 2 aromatic carbocycles. The average molecular weight is 451 g/mol. The molecule has 152 valence electrons. The summed E-state index contributed by atoms with van der Waals surface area (Å²) in [5.41, 5.74) is -0.156. The maximum Gasteiger partial charge on any atom is 0.418 e. The van der Waals surface area contributed by atoms with E-state index >= 15 is 0 Å². The first-order valence-electron chi connectivity index (χ1n) is 8.35. The van der Waals surface area contributed by atoms with Gasteiger partial charge in [0.1, 0.15) is 17.0 Å². The van der Waals surface area contributed by atoms with E-state index in [1.165, 1.54) is 48.0 Å². The summed E-state index contributed by atoms with van der Waals surface area (Å²) >= 11 is 7.00. The van der Waals surface area contributed by atoms with Gasteiger partial charge in [0, 0.05) is 28.1 Å². The lowest BCUT2D eigenvalue weighted by molar-refractivity contribution is -0.384. The molecule has 4 rings (SSSR count). The highest BCUT2D eigenvalue weighted by Gasteiger charge is 2.34. The number of rotatable bonds is 4. The van der Waals surface area contributed by atoms with Crippen LogP contribution < -0.4 is 5.32 Å². The van der Waals surface area contributed by atoms with Crippen molar-refractivity contribution in [1.29, 1.82) is 0 Å². The number of aromatic nitrogens is 2. The number of nitrogens with zero attached hydrogens (tertiary/aromatic N) is 3. The molecule has 0 aliphatic rings. The number of fused-ring (bicyclic) bond motifs is 1. The van der Waals surface area contributed by atoms with Crippen LogP contribution >= 0.6 is 22.9 Å². The fourth-order valence-electron chi connectivity index (χ4n) is 2.96. The van der Waals surface area contributed by atoms with Crippen molar-refractivity contribution < 1.29 is 18.1 Å². The Morgan fingerprint density at radius 3 is 2.67 bits per heavy atom. The van der Waals surface area contributed by atoms with Crippen molar-refractivity contribution in [3.8, 4) is 11.1 Å². The maximum absolute atomic E-state index is 13.5. The molecule has 4 aromatic rings. The van der Waals surface area contributed by atoms with Gasteiger partial charge in [-0.05, 0) is 23.8 Å². The van der Waals surface area contributed by atoms with Crippen molar-refractivity contribution in [3.05, 3.63) is 74.9 Å². The van der Waals surface area contributed by atoms with E-state index in [2.05, 4.69) is 15.3 Å². The van der Waals surface area contributed by atoms with E-state index in [1.54, 1.807) is 11.4 Å². The number of hydrogen-bond acceptors (Lipinski definition) is 6. The van der Waals surface area contributed by atoms with E-state index in [1.807, 2.05) is 0 Å². The van der Waals surface area contributed by atoms with Crippen molar-refractivity contribution in [2.45, 2.75) is 6.18 Å². The van der Waals surface area contributed by atoms with E-state index in [0.717, 1.165) is 6.07 Å². The Morgan fingerprint density at radius 1 is 1.13 bits per heavy atom. The van der Waals surface area contributed by atoms with Gasteiger partial charge >= 0.3 is 6.18 Å². The summed E-state index contributed by atoms with van der Waals surface area (Å²) in [6.45, 7) is 0. The summed E-state index contributed by atoms with van der Waals surface area (Å²) in [6, 6.07) is 9.35. The smallest absolute Gasteiger partial charge is 0.339 e. The molecule has 1 N–H and O–H groups in total. The molecule has 0 fully saturated rings. The van der Waals surface area contributed by atoms with Crippen LogP contribution in [-0.2, 0) is 6.18 Å². The largest absolute Gasteiger partial charge is 0.418 e. The minimum Gasteiger partial charge on any atom is -0.339 e. The molecule has 0 bridgehead atoms. The van der Waals surface area contributed by atoms with Crippen LogP contribution in [0.1, 0.15) is 5.56 Å². The molecule has 0 saturated carbocycles. The fourth-order valence-corrected chi connectivity index (χ4v) is 4.04. The summed E-state index contributed by atoms with van der Waals surface area (Å²) in [5.74, 6) is 0.149. The Kier molecular flexibility index (Phi) is 5.04. The minimum absolute atomic E-state index is 0.0477. The number of hydrogen-bond donors (Lipinski definition) is 1. The lowest BCUT2D eigenvalue weighted by Gasteiger charge is -2.15. The van der Waals surface area contributed by atoms with Crippen LogP contribution in [0.2, 0.25) is 5.02 Å². The van der Waals surface area contributed by atoms with E-state index in [4.69, 9.17) is 11.6 Å². The second kappa shape index (κ2) is 7.54. The number of alkyl halides is 3. The van der Waals surface area contributed by atoms with Crippen LogP contribution in [0.3, 0.4) is 0 Å². The number of thiophene rings is 1. The highest BCUT2D eigenvalue weighted by molar-refractivity contribution is 7.17. The van der Waals surface area contributed by atoms with E-state index < -0.39 is 16.7 Å². The fraction of sp³-hybridized carbons (Fsp3) is 0.0526. The van der Waals surface area contributed by atoms with Gasteiger partial charge < -0.3 is 5.32 Å². The molecule has 0 radical (unpaired) electrons. The molecular formula is C19H10ClF3N4O2S. The lowest BCUT2D eigenvalue weighted by Crippen LogP contribution is -2.09. The molecule has 0 amide bonds. The Hall–Kier alpha value is -3.24. The number of nitro groups is 1. The van der Waals surface area contributed by atoms with Gasteiger partial charge in [0.05, 0.1) is 21.6 Å². The summed E-state index contributed by atoms with van der Waals surface area (Å²) < 4.78 is 40.4. The van der Waals surface area contributed by atoms with Crippen LogP contribution in [-0.4, -0.2) is 14.9 Å². The minimum atomic E-state index is -4.63. The lowest BCUT2D eigenvalue weighted by atomic mass is 10.1. The zero-order chi connectivity index (χ0) is 21.5. The number of benzene rings is 2. The number of non-ortho nitro benzene ring substituents is 1. The molecule has 0 atom stereocenters. The van der Waals surface area contributed by atoms with Crippen molar-refractivity contribution in [2.24, 2.45) is 0 Å². The molecule has 6 nitrogen and oxygen atoms in total. The molecule has 2 aromatic heterocycles. The van der Waals surface area contributed by atoms with Crippen LogP contribution in [0.5, 0.6) is 0 Å². The number of nitro benzene ring substituents is 1. The Labute approximate surface area is 176 Å². The van der Waals surface area contributed by atoms with Crippen LogP contribution in [0.4, 0.5) is 30.4 Å². The van der Waals surface area contributed by atoms with E-state index in [0.29, 0.717) is 21.3 Å². The highest BCUT2D eigenvalue weighted by atomic mass is 35.5. The summed E-state index contributed by atoms with van der Waals surface area (Å²) in [7, 11) is 0. The third-order valence-corrected chi connectivity index (χ3v) is 5.40. The second-order valence-corrected chi connectivity index (χ2v) is 7.47. The van der Waals surface area contributed by atoms with Gasteiger partial charge in [-0.25, -0.2) is 9.97 Å². The first-order valence-corrected chi connectivity index (χ1v) is 9.60. The van der Waals surface area contributed by atoms with Crippen LogP contribution in [0.25, 0.3) is 21.3 Å². The summed E-state index contributed by atoms with van der Waals surface area (Å²) in [4.78, 5) is 19.4. The molecule has 0 spiro atoms. The molecular weight excluding hydrogens is 441 g/mol. The number of nitrogens with one attached hydrogen (secondary N) is 1. The highest BCUT2D eigenvalue weighted by Crippen LogP contribution is 2.41. The zero-order valence-corrected chi connectivity index (χ0v) is 16.3. The Balaban J connectivity index is 1.86. The van der Waals surface area contributed by atoms with Crippen molar-refractivity contribution >= 4 is 50.3 Å². The third-order valence-electron chi connectivity index (χ3n) is 4.28. The second-order valence-electron chi connectivity index (χ2n) is 6.17. The predicted molar refractivity (Wildman–Crippen MR) is 109 cm³/mol. The molecule has 0 unspecified atom stereocenters. The van der Waals surface area contributed by atoms with Crippen molar-refractivity contribution in [1.82, 2.24) is 9.97 Å².